The van der Waals surface area contributed by atoms with Gasteiger partial charge in [-0.3, -0.25) is 14.7 Å². The smallest absolute Gasteiger partial charge is 0.305 e. The number of rotatable bonds is 7. The molecule has 2 aliphatic rings. The second kappa shape index (κ2) is 12.3. The van der Waals surface area contributed by atoms with Crippen molar-refractivity contribution >= 4 is 35.9 Å². The van der Waals surface area contributed by atoms with E-state index in [4.69, 9.17) is 4.74 Å². The summed E-state index contributed by atoms with van der Waals surface area (Å²) in [5.41, 5.74) is 1.34. The largest absolute Gasteiger partial charge is 0.469 e. The van der Waals surface area contributed by atoms with Crippen LogP contribution in [0.15, 0.2) is 35.3 Å². The Labute approximate surface area is 190 Å². The third kappa shape index (κ3) is 6.82. The molecule has 7 nitrogen and oxygen atoms in total. The molecule has 0 amide bonds. The Morgan fingerprint density at radius 3 is 2.79 bits per heavy atom. The number of benzene rings is 1. The standard InChI is InChI=1S/C21H32N4O3.HI/c1-22-21(23-11-7-6-10-20(26)27-2)25-15-18-19(16-25)28-13-12-24(18)14-17-8-4-3-5-9-17;/h3-5,8-9,18-19H,6-7,10-16H2,1-2H3,(H,22,23);1H. The minimum absolute atomic E-state index is 0. The monoisotopic (exact) mass is 516 g/mol. The van der Waals surface area contributed by atoms with Crippen molar-refractivity contribution in [3.8, 4) is 0 Å². The van der Waals surface area contributed by atoms with Gasteiger partial charge in [-0.05, 0) is 18.4 Å². The molecule has 1 aromatic rings. The summed E-state index contributed by atoms with van der Waals surface area (Å²) in [6.07, 6.45) is 2.41. The van der Waals surface area contributed by atoms with Gasteiger partial charge in [0.2, 0.25) is 0 Å². The average molecular weight is 516 g/mol. The van der Waals surface area contributed by atoms with Crippen LogP contribution in [0.25, 0.3) is 0 Å². The molecule has 0 radical (unpaired) electrons. The Balaban J connectivity index is 0.00000300. The summed E-state index contributed by atoms with van der Waals surface area (Å²) in [5.74, 6) is 0.763. The fourth-order valence-electron chi connectivity index (χ4n) is 3.97. The molecule has 2 unspecified atom stereocenters. The van der Waals surface area contributed by atoms with Crippen molar-refractivity contribution in [1.29, 1.82) is 0 Å². The van der Waals surface area contributed by atoms with E-state index in [1.54, 1.807) is 0 Å². The van der Waals surface area contributed by atoms with Crippen molar-refractivity contribution in [2.24, 2.45) is 4.99 Å². The molecule has 29 heavy (non-hydrogen) atoms. The molecule has 3 rings (SSSR count). The number of aliphatic imine (C=N–C) groups is 1. The number of hydrogen-bond acceptors (Lipinski definition) is 5. The van der Waals surface area contributed by atoms with Gasteiger partial charge >= 0.3 is 5.97 Å². The van der Waals surface area contributed by atoms with Crippen LogP contribution >= 0.6 is 24.0 Å². The van der Waals surface area contributed by atoms with Gasteiger partial charge in [-0.2, -0.15) is 0 Å². The first-order valence-electron chi connectivity index (χ1n) is 10.1. The van der Waals surface area contributed by atoms with Gasteiger partial charge in [0.25, 0.3) is 0 Å². The second-order valence-electron chi connectivity index (χ2n) is 7.34. The molecule has 0 bridgehead atoms. The zero-order chi connectivity index (χ0) is 19.8. The summed E-state index contributed by atoms with van der Waals surface area (Å²) >= 11 is 0. The van der Waals surface area contributed by atoms with Crippen LogP contribution in [0.2, 0.25) is 0 Å². The maximum Gasteiger partial charge on any atom is 0.305 e. The number of nitrogens with zero attached hydrogens (tertiary/aromatic N) is 3. The molecule has 2 aliphatic heterocycles. The Morgan fingerprint density at radius 1 is 1.28 bits per heavy atom. The predicted molar refractivity (Wildman–Crippen MR) is 125 cm³/mol. The van der Waals surface area contributed by atoms with E-state index < -0.39 is 0 Å². The van der Waals surface area contributed by atoms with Crippen LogP contribution < -0.4 is 5.32 Å². The number of carbonyl (C=O) groups excluding carboxylic acids is 1. The number of fused-ring (bicyclic) bond motifs is 1. The van der Waals surface area contributed by atoms with Gasteiger partial charge in [-0.1, -0.05) is 30.3 Å². The van der Waals surface area contributed by atoms with Crippen molar-refractivity contribution in [2.45, 2.75) is 38.0 Å². The molecular weight excluding hydrogens is 483 g/mol. The summed E-state index contributed by atoms with van der Waals surface area (Å²) in [6, 6.07) is 11.0. The van der Waals surface area contributed by atoms with Crippen molar-refractivity contribution in [3.05, 3.63) is 35.9 Å². The fraction of sp³-hybridized carbons (Fsp3) is 0.619. The van der Waals surface area contributed by atoms with Crippen LogP contribution in [0.4, 0.5) is 0 Å². The molecule has 0 aliphatic carbocycles. The molecular formula is C21H33IN4O3. The Kier molecular flexibility index (Phi) is 10.2. The Bertz CT molecular complexity index is 659. The van der Waals surface area contributed by atoms with Crippen molar-refractivity contribution < 1.29 is 14.3 Å². The van der Waals surface area contributed by atoms with Gasteiger partial charge in [0.05, 0.1) is 25.9 Å². The number of guanidine groups is 1. The third-order valence-corrected chi connectivity index (χ3v) is 5.47. The van der Waals surface area contributed by atoms with Crippen LogP contribution in [0.5, 0.6) is 0 Å². The van der Waals surface area contributed by atoms with Gasteiger partial charge in [0.15, 0.2) is 5.96 Å². The van der Waals surface area contributed by atoms with E-state index in [0.29, 0.717) is 12.5 Å². The Morgan fingerprint density at radius 2 is 2.07 bits per heavy atom. The third-order valence-electron chi connectivity index (χ3n) is 5.47. The van der Waals surface area contributed by atoms with Crippen LogP contribution in [-0.4, -0.2) is 80.8 Å². The summed E-state index contributed by atoms with van der Waals surface area (Å²) in [6.45, 7) is 5.27. The second-order valence-corrected chi connectivity index (χ2v) is 7.34. The van der Waals surface area contributed by atoms with Crippen molar-refractivity contribution in [1.82, 2.24) is 15.1 Å². The number of likely N-dealkylation sites (tertiary alicyclic amines) is 1. The zero-order valence-corrected chi connectivity index (χ0v) is 19.7. The molecule has 0 saturated carbocycles. The number of unbranched alkanes of at least 4 members (excludes halogenated alkanes) is 1. The molecule has 2 heterocycles. The quantitative estimate of drug-likeness (QED) is 0.197. The van der Waals surface area contributed by atoms with Crippen LogP contribution in [0.3, 0.4) is 0 Å². The highest BCUT2D eigenvalue weighted by molar-refractivity contribution is 14.0. The lowest BCUT2D eigenvalue weighted by atomic mass is 10.1. The lowest BCUT2D eigenvalue weighted by Gasteiger charge is -2.36. The molecule has 8 heteroatoms. The molecule has 1 N–H and O–H groups in total. The van der Waals surface area contributed by atoms with Gasteiger partial charge in [-0.15, -0.1) is 24.0 Å². The summed E-state index contributed by atoms with van der Waals surface area (Å²) in [4.78, 5) is 20.5. The number of hydrogen-bond donors (Lipinski definition) is 1. The number of esters is 1. The average Bonchev–Trinajstić information content (AvgIpc) is 3.16. The van der Waals surface area contributed by atoms with Crippen LogP contribution in [0, 0.1) is 0 Å². The van der Waals surface area contributed by atoms with Crippen LogP contribution in [-0.2, 0) is 20.8 Å². The number of morpholine rings is 1. The van der Waals surface area contributed by atoms with E-state index in [-0.39, 0.29) is 36.0 Å². The SMILES string of the molecule is CN=C(NCCCCC(=O)OC)N1CC2OCCN(Cc3ccccc3)C2C1.I. The molecule has 2 fully saturated rings. The predicted octanol–water partition coefficient (Wildman–Crippen LogP) is 2.11. The summed E-state index contributed by atoms with van der Waals surface area (Å²) in [7, 11) is 3.25. The maximum absolute atomic E-state index is 11.2. The molecule has 1 aromatic carbocycles. The van der Waals surface area contributed by atoms with Gasteiger partial charge in [0.1, 0.15) is 0 Å². The van der Waals surface area contributed by atoms with Gasteiger partial charge in [0, 0.05) is 46.2 Å². The number of halogens is 1. The lowest BCUT2D eigenvalue weighted by Crippen LogP contribution is -2.50. The highest BCUT2D eigenvalue weighted by Crippen LogP contribution is 2.24. The minimum atomic E-state index is -0.149. The van der Waals surface area contributed by atoms with E-state index in [9.17, 15) is 4.79 Å². The van der Waals surface area contributed by atoms with E-state index in [1.807, 2.05) is 7.05 Å². The van der Waals surface area contributed by atoms with Gasteiger partial charge in [-0.25, -0.2) is 0 Å². The normalized spacial score (nSPS) is 22.0. The highest BCUT2D eigenvalue weighted by Gasteiger charge is 2.41. The van der Waals surface area contributed by atoms with Crippen LogP contribution in [0.1, 0.15) is 24.8 Å². The van der Waals surface area contributed by atoms with Gasteiger partial charge < -0.3 is 19.7 Å². The number of carbonyl (C=O) groups is 1. The highest BCUT2D eigenvalue weighted by atomic mass is 127. The molecule has 0 spiro atoms. The number of ether oxygens (including phenoxy) is 2. The lowest BCUT2D eigenvalue weighted by molar-refractivity contribution is -0.140. The van der Waals surface area contributed by atoms with E-state index in [1.165, 1.54) is 12.7 Å². The zero-order valence-electron chi connectivity index (χ0n) is 17.4. The molecule has 2 atom stereocenters. The Hall–Kier alpha value is -1.39. The van der Waals surface area contributed by atoms with E-state index >= 15 is 0 Å². The van der Waals surface area contributed by atoms with E-state index in [0.717, 1.165) is 58.1 Å². The molecule has 2 saturated heterocycles. The number of methoxy groups -OCH3 is 1. The summed E-state index contributed by atoms with van der Waals surface area (Å²) in [5, 5.41) is 3.43. The molecule has 0 aromatic heterocycles. The number of nitrogens with one attached hydrogen (secondary N) is 1. The summed E-state index contributed by atoms with van der Waals surface area (Å²) < 4.78 is 10.7. The minimum Gasteiger partial charge on any atom is -0.469 e. The van der Waals surface area contributed by atoms with Crippen molar-refractivity contribution in [3.63, 3.8) is 0 Å². The first-order valence-corrected chi connectivity index (χ1v) is 10.1. The first kappa shape index (κ1) is 23.9. The van der Waals surface area contributed by atoms with Crippen molar-refractivity contribution in [2.75, 3.05) is 46.9 Å². The maximum atomic E-state index is 11.2. The fourth-order valence-corrected chi connectivity index (χ4v) is 3.97. The molecule has 162 valence electrons. The van der Waals surface area contributed by atoms with E-state index in [2.05, 4.69) is 55.2 Å². The topological polar surface area (TPSA) is 66.4 Å². The first-order chi connectivity index (χ1) is 13.7.